The highest BCUT2D eigenvalue weighted by atomic mass is 19.2. The molecule has 0 saturated carbocycles. The molecule has 8 heteroatoms. The lowest BCUT2D eigenvalue weighted by Crippen LogP contribution is -2.49. The molecule has 1 saturated heterocycles. The van der Waals surface area contributed by atoms with Gasteiger partial charge in [-0.1, -0.05) is 24.3 Å². The topological polar surface area (TPSA) is 52.7 Å². The van der Waals surface area contributed by atoms with Gasteiger partial charge in [0.05, 0.1) is 6.42 Å². The maximum Gasteiger partial charge on any atom is 0.324 e. The van der Waals surface area contributed by atoms with E-state index < -0.39 is 11.6 Å². The SMILES string of the molecule is O=C(Cc1ccc(F)cc1)Nc1cccc(N2CCCN(Cc3ccc(F)c(F)c3)C2=O)c1. The molecule has 5 nitrogen and oxygen atoms in total. The molecule has 0 bridgehead atoms. The Morgan fingerprint density at radius 1 is 0.879 bits per heavy atom. The van der Waals surface area contributed by atoms with E-state index in [1.54, 1.807) is 46.2 Å². The first-order chi connectivity index (χ1) is 15.9. The Bertz CT molecular complexity index is 1170. The van der Waals surface area contributed by atoms with Gasteiger partial charge in [-0.2, -0.15) is 0 Å². The van der Waals surface area contributed by atoms with Gasteiger partial charge >= 0.3 is 6.03 Å². The third-order valence-corrected chi connectivity index (χ3v) is 5.39. The van der Waals surface area contributed by atoms with Gasteiger partial charge in [0.25, 0.3) is 0 Å². The summed E-state index contributed by atoms with van der Waals surface area (Å²) in [5.41, 5.74) is 2.34. The van der Waals surface area contributed by atoms with Crippen LogP contribution in [-0.4, -0.2) is 29.9 Å². The van der Waals surface area contributed by atoms with E-state index in [9.17, 15) is 22.8 Å². The number of urea groups is 1. The fraction of sp³-hybridized carbons (Fsp3) is 0.200. The lowest BCUT2D eigenvalue weighted by molar-refractivity contribution is -0.115. The number of nitrogens with zero attached hydrogens (tertiary/aromatic N) is 2. The van der Waals surface area contributed by atoms with Gasteiger partial charge in [-0.15, -0.1) is 0 Å². The molecule has 1 N–H and O–H groups in total. The van der Waals surface area contributed by atoms with Crippen molar-refractivity contribution < 1.29 is 22.8 Å². The standard InChI is InChI=1S/C25H22F3N3O2/c26-19-8-5-17(6-9-19)14-24(32)29-20-3-1-4-21(15-20)31-12-2-11-30(25(31)33)16-18-7-10-22(27)23(28)13-18/h1,3-10,13,15H,2,11-12,14,16H2,(H,29,32). The average molecular weight is 453 g/mol. The Morgan fingerprint density at radius 2 is 1.64 bits per heavy atom. The van der Waals surface area contributed by atoms with Crippen LogP contribution < -0.4 is 10.2 Å². The zero-order valence-corrected chi connectivity index (χ0v) is 17.7. The Balaban J connectivity index is 1.43. The maximum atomic E-state index is 13.5. The first kappa shape index (κ1) is 22.4. The van der Waals surface area contributed by atoms with Gasteiger partial charge in [-0.3, -0.25) is 9.69 Å². The summed E-state index contributed by atoms with van der Waals surface area (Å²) in [6.45, 7) is 1.17. The highest BCUT2D eigenvalue weighted by Crippen LogP contribution is 2.25. The van der Waals surface area contributed by atoms with Crippen LogP contribution in [0, 0.1) is 17.5 Å². The molecule has 0 aromatic heterocycles. The van der Waals surface area contributed by atoms with Crippen LogP contribution in [0.2, 0.25) is 0 Å². The van der Waals surface area contributed by atoms with Gasteiger partial charge < -0.3 is 10.2 Å². The number of halogens is 3. The summed E-state index contributed by atoms with van der Waals surface area (Å²) < 4.78 is 39.8. The highest BCUT2D eigenvalue weighted by Gasteiger charge is 2.27. The lowest BCUT2D eigenvalue weighted by Gasteiger charge is -2.36. The van der Waals surface area contributed by atoms with E-state index in [1.165, 1.54) is 18.2 Å². The summed E-state index contributed by atoms with van der Waals surface area (Å²) >= 11 is 0. The molecular formula is C25H22F3N3O2. The molecule has 0 spiro atoms. The summed E-state index contributed by atoms with van der Waals surface area (Å²) in [6.07, 6.45) is 0.797. The number of anilines is 2. The summed E-state index contributed by atoms with van der Waals surface area (Å²) in [6, 6.07) is 16.0. The van der Waals surface area contributed by atoms with Crippen molar-refractivity contribution in [2.45, 2.75) is 19.4 Å². The number of carbonyl (C=O) groups is 2. The van der Waals surface area contributed by atoms with E-state index in [4.69, 9.17) is 0 Å². The molecule has 3 amide bonds. The number of hydrogen-bond acceptors (Lipinski definition) is 2. The Kier molecular flexibility index (Phi) is 6.63. The van der Waals surface area contributed by atoms with E-state index in [0.717, 1.165) is 12.1 Å². The summed E-state index contributed by atoms with van der Waals surface area (Å²) in [7, 11) is 0. The number of hydrogen-bond donors (Lipinski definition) is 1. The van der Waals surface area contributed by atoms with Crippen molar-refractivity contribution in [1.82, 2.24) is 4.90 Å². The average Bonchev–Trinajstić information content (AvgIpc) is 2.79. The molecule has 33 heavy (non-hydrogen) atoms. The quantitative estimate of drug-likeness (QED) is 0.564. The zero-order valence-electron chi connectivity index (χ0n) is 17.7. The van der Waals surface area contributed by atoms with Gasteiger partial charge in [0.15, 0.2) is 11.6 Å². The predicted octanol–water partition coefficient (Wildman–Crippen LogP) is 5.12. The van der Waals surface area contributed by atoms with Crippen molar-refractivity contribution in [2.24, 2.45) is 0 Å². The Hall–Kier alpha value is -3.81. The van der Waals surface area contributed by atoms with Crippen LogP contribution >= 0.6 is 0 Å². The van der Waals surface area contributed by atoms with Crippen molar-refractivity contribution >= 4 is 23.3 Å². The number of rotatable bonds is 6. The molecule has 1 aliphatic heterocycles. The van der Waals surface area contributed by atoms with Crippen LogP contribution in [0.1, 0.15) is 17.5 Å². The van der Waals surface area contributed by atoms with E-state index in [2.05, 4.69) is 5.32 Å². The molecule has 0 atom stereocenters. The maximum absolute atomic E-state index is 13.5. The van der Waals surface area contributed by atoms with Crippen LogP contribution in [0.25, 0.3) is 0 Å². The summed E-state index contributed by atoms with van der Waals surface area (Å²) in [5, 5.41) is 2.80. The number of amides is 3. The third kappa shape index (κ3) is 5.52. The molecule has 1 heterocycles. The normalized spacial score (nSPS) is 13.8. The third-order valence-electron chi connectivity index (χ3n) is 5.39. The Morgan fingerprint density at radius 3 is 2.39 bits per heavy atom. The molecule has 0 radical (unpaired) electrons. The van der Waals surface area contributed by atoms with E-state index in [1.807, 2.05) is 0 Å². The first-order valence-electron chi connectivity index (χ1n) is 10.5. The van der Waals surface area contributed by atoms with Gasteiger partial charge in [-0.25, -0.2) is 18.0 Å². The van der Waals surface area contributed by atoms with Crippen LogP contribution in [-0.2, 0) is 17.8 Å². The van der Waals surface area contributed by atoms with Crippen LogP contribution in [0.3, 0.4) is 0 Å². The molecule has 4 rings (SSSR count). The van der Waals surface area contributed by atoms with E-state index in [0.29, 0.717) is 42.0 Å². The monoisotopic (exact) mass is 453 g/mol. The largest absolute Gasteiger partial charge is 0.326 e. The van der Waals surface area contributed by atoms with Crippen LogP contribution in [0.15, 0.2) is 66.7 Å². The predicted molar refractivity (Wildman–Crippen MR) is 119 cm³/mol. The molecule has 3 aromatic carbocycles. The minimum absolute atomic E-state index is 0.0924. The smallest absolute Gasteiger partial charge is 0.324 e. The summed E-state index contributed by atoms with van der Waals surface area (Å²) in [4.78, 5) is 28.6. The summed E-state index contributed by atoms with van der Waals surface area (Å²) in [5.74, 6) is -2.50. The fourth-order valence-electron chi connectivity index (χ4n) is 3.77. The second kappa shape index (κ2) is 9.77. The molecule has 0 unspecified atom stereocenters. The van der Waals surface area contributed by atoms with Gasteiger partial charge in [0.1, 0.15) is 5.82 Å². The molecule has 170 valence electrons. The second-order valence-electron chi connectivity index (χ2n) is 7.86. The van der Waals surface area contributed by atoms with Crippen LogP contribution in [0.5, 0.6) is 0 Å². The number of benzene rings is 3. The van der Waals surface area contributed by atoms with Crippen molar-refractivity contribution in [2.75, 3.05) is 23.3 Å². The second-order valence-corrected chi connectivity index (χ2v) is 7.86. The van der Waals surface area contributed by atoms with E-state index >= 15 is 0 Å². The Labute approximate surface area is 189 Å². The van der Waals surface area contributed by atoms with Gasteiger partial charge in [0, 0.05) is 31.0 Å². The fourth-order valence-corrected chi connectivity index (χ4v) is 3.77. The molecule has 3 aromatic rings. The lowest BCUT2D eigenvalue weighted by atomic mass is 10.1. The van der Waals surface area contributed by atoms with Crippen molar-refractivity contribution in [3.8, 4) is 0 Å². The number of nitrogens with one attached hydrogen (secondary N) is 1. The van der Waals surface area contributed by atoms with Gasteiger partial charge in [-0.05, 0) is 60.0 Å². The van der Waals surface area contributed by atoms with Crippen molar-refractivity contribution in [3.63, 3.8) is 0 Å². The van der Waals surface area contributed by atoms with E-state index in [-0.39, 0.29) is 30.7 Å². The minimum Gasteiger partial charge on any atom is -0.326 e. The van der Waals surface area contributed by atoms with Crippen LogP contribution in [0.4, 0.5) is 29.3 Å². The van der Waals surface area contributed by atoms with Crippen molar-refractivity contribution in [3.05, 3.63) is 95.3 Å². The molecule has 0 aliphatic carbocycles. The molecular weight excluding hydrogens is 431 g/mol. The molecule has 1 aliphatic rings. The number of carbonyl (C=O) groups excluding carboxylic acids is 2. The van der Waals surface area contributed by atoms with Crippen molar-refractivity contribution in [1.29, 1.82) is 0 Å². The molecule has 1 fully saturated rings. The highest BCUT2D eigenvalue weighted by molar-refractivity contribution is 5.95. The van der Waals surface area contributed by atoms with Gasteiger partial charge in [0.2, 0.25) is 5.91 Å². The first-order valence-corrected chi connectivity index (χ1v) is 10.5. The minimum atomic E-state index is -0.946. The zero-order chi connectivity index (χ0) is 23.4.